The fourth-order valence-electron chi connectivity index (χ4n) is 4.63. The minimum absolute atomic E-state index is 0.624. The van der Waals surface area contributed by atoms with Gasteiger partial charge in [0.1, 0.15) is 11.3 Å². The molecule has 0 radical (unpaired) electrons. The van der Waals surface area contributed by atoms with Crippen molar-refractivity contribution in [2.24, 2.45) is 5.92 Å². The van der Waals surface area contributed by atoms with Gasteiger partial charge in [0, 0.05) is 30.1 Å². The van der Waals surface area contributed by atoms with Crippen molar-refractivity contribution < 1.29 is 9.47 Å². The molecule has 3 heterocycles. The van der Waals surface area contributed by atoms with Gasteiger partial charge in [0.05, 0.1) is 13.2 Å². The first-order valence-electron chi connectivity index (χ1n) is 10.2. The Balaban J connectivity index is 1.50. The molecule has 2 saturated heterocycles. The lowest BCUT2D eigenvalue weighted by atomic mass is 9.84. The Bertz CT molecular complexity index is 731. The molecule has 4 rings (SSSR count). The van der Waals surface area contributed by atoms with Crippen LogP contribution >= 0.6 is 0 Å². The normalized spacial score (nSPS) is 23.7. The van der Waals surface area contributed by atoms with E-state index in [2.05, 4.69) is 28.1 Å². The Labute approximate surface area is 156 Å². The lowest BCUT2D eigenvalue weighted by molar-refractivity contribution is 0.0368. The van der Waals surface area contributed by atoms with Crippen LogP contribution in [-0.2, 0) is 11.3 Å². The van der Waals surface area contributed by atoms with Crippen LogP contribution in [0.5, 0.6) is 5.75 Å². The van der Waals surface area contributed by atoms with Crippen LogP contribution in [0.1, 0.15) is 44.6 Å². The number of hydrogen-bond acceptors (Lipinski definition) is 4. The summed E-state index contributed by atoms with van der Waals surface area (Å²) in [7, 11) is 0. The van der Waals surface area contributed by atoms with Crippen LogP contribution in [0.15, 0.2) is 30.5 Å². The zero-order valence-electron chi connectivity index (χ0n) is 15.8. The Morgan fingerprint density at radius 2 is 2.04 bits per heavy atom. The Morgan fingerprint density at radius 3 is 2.96 bits per heavy atom. The topological polar surface area (TPSA) is 34.6 Å². The summed E-state index contributed by atoms with van der Waals surface area (Å²) in [6.07, 6.45) is 8.50. The van der Waals surface area contributed by atoms with Gasteiger partial charge < -0.3 is 9.47 Å². The zero-order chi connectivity index (χ0) is 17.8. The predicted octanol–water partition coefficient (Wildman–Crippen LogP) is 4.41. The smallest absolute Gasteiger partial charge is 0.145 e. The highest BCUT2D eigenvalue weighted by Crippen LogP contribution is 2.33. The third kappa shape index (κ3) is 3.72. The molecule has 2 aromatic rings. The molecule has 2 aliphatic rings. The van der Waals surface area contributed by atoms with Crippen LogP contribution < -0.4 is 4.74 Å². The van der Waals surface area contributed by atoms with Crippen LogP contribution in [0, 0.1) is 5.92 Å². The standard InChI is InChI=1S/C22H30N2O2/c1-2-25-15-17-10-11-21(22-19(17)8-5-12-23-22)26-16-18-7-6-14-24-13-4-3-9-20(18)24/h5,8,10-12,18,20H,2-4,6-7,9,13-16H2,1H3/t18-,20+/m0/s1. The summed E-state index contributed by atoms with van der Waals surface area (Å²) in [5.74, 6) is 1.56. The third-order valence-corrected chi connectivity index (χ3v) is 5.97. The number of ether oxygens (including phenoxy) is 2. The minimum atomic E-state index is 0.624. The van der Waals surface area contributed by atoms with Crippen LogP contribution in [0.4, 0.5) is 0 Å². The molecule has 0 N–H and O–H groups in total. The Hall–Kier alpha value is -1.65. The van der Waals surface area contributed by atoms with E-state index in [-0.39, 0.29) is 0 Å². The van der Waals surface area contributed by atoms with Crippen molar-refractivity contribution in [2.45, 2.75) is 51.7 Å². The monoisotopic (exact) mass is 354 g/mol. The highest BCUT2D eigenvalue weighted by Gasteiger charge is 2.33. The second kappa shape index (κ2) is 8.36. The van der Waals surface area contributed by atoms with Crippen molar-refractivity contribution in [3.05, 3.63) is 36.0 Å². The molecular weight excluding hydrogens is 324 g/mol. The van der Waals surface area contributed by atoms with Gasteiger partial charge in [-0.05, 0) is 63.4 Å². The van der Waals surface area contributed by atoms with Crippen molar-refractivity contribution in [2.75, 3.05) is 26.3 Å². The van der Waals surface area contributed by atoms with Crippen molar-refractivity contribution in [1.82, 2.24) is 9.88 Å². The van der Waals surface area contributed by atoms with Gasteiger partial charge in [0.25, 0.3) is 0 Å². The molecule has 0 amide bonds. The van der Waals surface area contributed by atoms with Gasteiger partial charge in [0.15, 0.2) is 0 Å². The van der Waals surface area contributed by atoms with E-state index in [1.165, 1.54) is 50.8 Å². The van der Waals surface area contributed by atoms with Gasteiger partial charge >= 0.3 is 0 Å². The molecule has 0 saturated carbocycles. The molecular formula is C22H30N2O2. The summed E-state index contributed by atoms with van der Waals surface area (Å²) < 4.78 is 11.9. The van der Waals surface area contributed by atoms with Gasteiger partial charge in [-0.1, -0.05) is 18.6 Å². The molecule has 0 bridgehead atoms. The lowest BCUT2D eigenvalue weighted by Gasteiger charge is -2.44. The second-order valence-electron chi connectivity index (χ2n) is 7.57. The van der Waals surface area contributed by atoms with Crippen LogP contribution in [0.25, 0.3) is 10.9 Å². The van der Waals surface area contributed by atoms with E-state index < -0.39 is 0 Å². The molecule has 2 atom stereocenters. The Kier molecular flexibility index (Phi) is 5.71. The predicted molar refractivity (Wildman–Crippen MR) is 105 cm³/mol. The summed E-state index contributed by atoms with van der Waals surface area (Å²) in [6, 6.07) is 9.03. The van der Waals surface area contributed by atoms with Crippen LogP contribution in [0.3, 0.4) is 0 Å². The van der Waals surface area contributed by atoms with Crippen LogP contribution in [0.2, 0.25) is 0 Å². The highest BCUT2D eigenvalue weighted by molar-refractivity contribution is 5.87. The summed E-state index contributed by atoms with van der Waals surface area (Å²) >= 11 is 0. The summed E-state index contributed by atoms with van der Waals surface area (Å²) in [5.41, 5.74) is 2.14. The number of hydrogen-bond donors (Lipinski definition) is 0. The maximum absolute atomic E-state index is 6.34. The number of rotatable bonds is 6. The third-order valence-electron chi connectivity index (χ3n) is 5.97. The number of piperidine rings is 2. The molecule has 1 aromatic heterocycles. The largest absolute Gasteiger partial charge is 0.491 e. The maximum Gasteiger partial charge on any atom is 0.145 e. The number of nitrogens with zero attached hydrogens (tertiary/aromatic N) is 2. The average molecular weight is 354 g/mol. The lowest BCUT2D eigenvalue weighted by Crippen LogP contribution is -2.49. The van der Waals surface area contributed by atoms with Gasteiger partial charge in [-0.2, -0.15) is 0 Å². The fraction of sp³-hybridized carbons (Fsp3) is 0.591. The molecule has 1 aromatic carbocycles. The molecule has 140 valence electrons. The number of pyridine rings is 1. The molecule has 0 unspecified atom stereocenters. The summed E-state index contributed by atoms with van der Waals surface area (Å²) in [5, 5.41) is 1.14. The van der Waals surface area contributed by atoms with Crippen molar-refractivity contribution in [3.63, 3.8) is 0 Å². The highest BCUT2D eigenvalue weighted by atomic mass is 16.5. The van der Waals surface area contributed by atoms with E-state index in [1.807, 2.05) is 19.2 Å². The molecule has 2 aliphatic heterocycles. The quantitative estimate of drug-likeness (QED) is 0.769. The van der Waals surface area contributed by atoms with E-state index in [0.717, 1.165) is 29.9 Å². The van der Waals surface area contributed by atoms with E-state index in [0.29, 0.717) is 18.6 Å². The van der Waals surface area contributed by atoms with Crippen LogP contribution in [-0.4, -0.2) is 42.2 Å². The number of benzene rings is 1. The molecule has 26 heavy (non-hydrogen) atoms. The molecule has 0 aliphatic carbocycles. The van der Waals surface area contributed by atoms with Gasteiger partial charge in [-0.15, -0.1) is 0 Å². The number of aromatic nitrogens is 1. The van der Waals surface area contributed by atoms with Crippen molar-refractivity contribution >= 4 is 10.9 Å². The average Bonchev–Trinajstić information content (AvgIpc) is 2.71. The van der Waals surface area contributed by atoms with E-state index in [4.69, 9.17) is 9.47 Å². The second-order valence-corrected chi connectivity index (χ2v) is 7.57. The zero-order valence-corrected chi connectivity index (χ0v) is 15.8. The van der Waals surface area contributed by atoms with Gasteiger partial charge in [0.2, 0.25) is 0 Å². The Morgan fingerprint density at radius 1 is 1.12 bits per heavy atom. The van der Waals surface area contributed by atoms with E-state index in [9.17, 15) is 0 Å². The SMILES string of the molecule is CCOCc1ccc(OC[C@@H]2CCCN3CCCC[C@H]23)c2ncccc12. The minimum Gasteiger partial charge on any atom is -0.491 e. The van der Waals surface area contributed by atoms with Crippen molar-refractivity contribution in [1.29, 1.82) is 0 Å². The number of fused-ring (bicyclic) bond motifs is 2. The molecule has 4 heteroatoms. The summed E-state index contributed by atoms with van der Waals surface area (Å²) in [4.78, 5) is 7.30. The fourth-order valence-corrected chi connectivity index (χ4v) is 4.63. The molecule has 2 fully saturated rings. The molecule has 4 nitrogen and oxygen atoms in total. The first-order valence-corrected chi connectivity index (χ1v) is 10.2. The first-order chi connectivity index (χ1) is 12.9. The van der Waals surface area contributed by atoms with E-state index >= 15 is 0 Å². The maximum atomic E-state index is 6.34. The summed E-state index contributed by atoms with van der Waals surface area (Å²) in [6.45, 7) is 6.72. The van der Waals surface area contributed by atoms with E-state index in [1.54, 1.807) is 0 Å². The van der Waals surface area contributed by atoms with Crippen molar-refractivity contribution in [3.8, 4) is 5.75 Å². The van der Waals surface area contributed by atoms with Gasteiger partial charge in [-0.3, -0.25) is 9.88 Å². The first kappa shape index (κ1) is 17.7. The molecule has 0 spiro atoms. The van der Waals surface area contributed by atoms with Gasteiger partial charge in [-0.25, -0.2) is 0 Å².